The second kappa shape index (κ2) is 3.26. The zero-order chi connectivity index (χ0) is 11.1. The Morgan fingerprint density at radius 2 is 1.87 bits per heavy atom. The first-order chi connectivity index (χ1) is 7.00. The molecule has 0 atom stereocenters. The van der Waals surface area contributed by atoms with Gasteiger partial charge in [-0.05, 0) is 18.4 Å². The van der Waals surface area contributed by atoms with Crippen LogP contribution in [0.3, 0.4) is 0 Å². The standard InChI is InChI=1S/C10H8BF3N/c1-7-4-5-8-3-2-6-15-10(8)9(7)11(12,13)14/h2-6H,1H3/q-1. The van der Waals surface area contributed by atoms with Crippen LogP contribution in [0.4, 0.5) is 12.9 Å². The van der Waals surface area contributed by atoms with Gasteiger partial charge in [0.1, 0.15) is 0 Å². The summed E-state index contributed by atoms with van der Waals surface area (Å²) in [5, 5.41) is 0.525. The van der Waals surface area contributed by atoms with Gasteiger partial charge in [0.2, 0.25) is 0 Å². The van der Waals surface area contributed by atoms with Gasteiger partial charge in [-0.1, -0.05) is 29.2 Å². The summed E-state index contributed by atoms with van der Waals surface area (Å²) in [5.41, 5.74) is -0.299. The highest BCUT2D eigenvalue weighted by Crippen LogP contribution is 2.18. The van der Waals surface area contributed by atoms with Gasteiger partial charge in [0.25, 0.3) is 0 Å². The Hall–Kier alpha value is -1.52. The lowest BCUT2D eigenvalue weighted by molar-refractivity contribution is 0.501. The third-order valence-corrected chi connectivity index (χ3v) is 2.36. The van der Waals surface area contributed by atoms with Crippen molar-refractivity contribution < 1.29 is 12.9 Å². The van der Waals surface area contributed by atoms with Crippen LogP contribution in [0.25, 0.3) is 10.9 Å². The van der Waals surface area contributed by atoms with Crippen molar-refractivity contribution >= 4 is 23.3 Å². The first kappa shape index (κ1) is 10.0. The number of halogens is 3. The summed E-state index contributed by atoms with van der Waals surface area (Å²) in [5.74, 6) is 0. The highest BCUT2D eigenvalue weighted by molar-refractivity contribution is 6.76. The van der Waals surface area contributed by atoms with E-state index in [9.17, 15) is 12.9 Å². The molecule has 5 heteroatoms. The lowest BCUT2D eigenvalue weighted by Crippen LogP contribution is -2.37. The predicted molar refractivity (Wildman–Crippen MR) is 55.2 cm³/mol. The molecule has 0 saturated heterocycles. The lowest BCUT2D eigenvalue weighted by atomic mass is 9.75. The van der Waals surface area contributed by atoms with E-state index in [0.29, 0.717) is 5.39 Å². The number of hydrogen-bond donors (Lipinski definition) is 0. The average molecular weight is 210 g/mol. The second-order valence-corrected chi connectivity index (χ2v) is 3.45. The summed E-state index contributed by atoms with van der Waals surface area (Å²) < 4.78 is 38.4. The summed E-state index contributed by atoms with van der Waals surface area (Å²) >= 11 is 0. The molecule has 0 fully saturated rings. The maximum absolute atomic E-state index is 12.8. The van der Waals surface area contributed by atoms with E-state index in [1.54, 1.807) is 18.2 Å². The van der Waals surface area contributed by atoms with E-state index in [4.69, 9.17) is 0 Å². The van der Waals surface area contributed by atoms with Crippen LogP contribution in [0.1, 0.15) is 5.56 Å². The van der Waals surface area contributed by atoms with Gasteiger partial charge in [-0.15, -0.1) is 0 Å². The maximum atomic E-state index is 12.8. The number of nitrogens with zero attached hydrogens (tertiary/aromatic N) is 1. The third kappa shape index (κ3) is 1.69. The van der Waals surface area contributed by atoms with Crippen LogP contribution >= 0.6 is 0 Å². The van der Waals surface area contributed by atoms with E-state index in [2.05, 4.69) is 4.98 Å². The molecular formula is C10H8BF3N-. The fraction of sp³-hybridized carbons (Fsp3) is 0.100. The molecule has 1 aromatic carbocycles. The molecule has 1 heterocycles. The molecule has 78 valence electrons. The molecule has 2 rings (SSSR count). The van der Waals surface area contributed by atoms with Gasteiger partial charge in [0, 0.05) is 11.7 Å². The van der Waals surface area contributed by atoms with Crippen LogP contribution < -0.4 is 5.46 Å². The number of pyridine rings is 1. The van der Waals surface area contributed by atoms with E-state index < -0.39 is 12.4 Å². The van der Waals surface area contributed by atoms with Gasteiger partial charge in [-0.3, -0.25) is 4.98 Å². The average Bonchev–Trinajstić information content (AvgIpc) is 2.15. The second-order valence-electron chi connectivity index (χ2n) is 3.45. The van der Waals surface area contributed by atoms with Gasteiger partial charge in [-0.25, -0.2) is 0 Å². The Labute approximate surface area is 85.0 Å². The van der Waals surface area contributed by atoms with Crippen molar-refractivity contribution in [3.8, 4) is 0 Å². The topological polar surface area (TPSA) is 12.9 Å². The minimum Gasteiger partial charge on any atom is -0.445 e. The van der Waals surface area contributed by atoms with Gasteiger partial charge in [0.15, 0.2) is 0 Å². The Kier molecular flexibility index (Phi) is 2.18. The minimum atomic E-state index is -5.00. The predicted octanol–water partition coefficient (Wildman–Crippen LogP) is 2.60. The van der Waals surface area contributed by atoms with E-state index in [-0.39, 0.29) is 11.1 Å². The monoisotopic (exact) mass is 210 g/mol. The molecule has 0 radical (unpaired) electrons. The molecule has 2 aromatic rings. The Morgan fingerprint density at radius 3 is 2.53 bits per heavy atom. The molecule has 0 amide bonds. The van der Waals surface area contributed by atoms with E-state index in [0.717, 1.165) is 0 Å². The Balaban J connectivity index is 2.86. The van der Waals surface area contributed by atoms with Crippen molar-refractivity contribution in [3.05, 3.63) is 36.0 Å². The molecule has 0 saturated carbocycles. The summed E-state index contributed by atoms with van der Waals surface area (Å²) in [7, 11) is 0. The molecule has 0 aliphatic carbocycles. The van der Waals surface area contributed by atoms with E-state index in [1.165, 1.54) is 19.2 Å². The third-order valence-electron chi connectivity index (χ3n) is 2.36. The molecular weight excluding hydrogens is 202 g/mol. The first-order valence-corrected chi connectivity index (χ1v) is 4.54. The summed E-state index contributed by atoms with van der Waals surface area (Å²) in [4.78, 5) is 3.80. The van der Waals surface area contributed by atoms with Crippen LogP contribution in [-0.4, -0.2) is 12.0 Å². The SMILES string of the molecule is Cc1ccc2cccnc2c1[B-](F)(F)F. The molecule has 0 unspecified atom stereocenters. The highest BCUT2D eigenvalue weighted by atomic mass is 19.4. The van der Waals surface area contributed by atoms with Gasteiger partial charge < -0.3 is 12.9 Å². The maximum Gasteiger partial charge on any atom is 0.512 e. The summed E-state index contributed by atoms with van der Waals surface area (Å²) in [6.07, 6.45) is 1.38. The quantitative estimate of drug-likeness (QED) is 0.659. The summed E-state index contributed by atoms with van der Waals surface area (Å²) in [6, 6.07) is 6.40. The molecule has 0 N–H and O–H groups in total. The number of aryl methyl sites for hydroxylation is 1. The van der Waals surface area contributed by atoms with Crippen molar-refractivity contribution in [1.29, 1.82) is 0 Å². The van der Waals surface area contributed by atoms with Crippen molar-refractivity contribution in [2.24, 2.45) is 0 Å². The van der Waals surface area contributed by atoms with E-state index in [1.807, 2.05) is 0 Å². The van der Waals surface area contributed by atoms with Crippen molar-refractivity contribution in [1.82, 2.24) is 4.98 Å². The smallest absolute Gasteiger partial charge is 0.445 e. The molecule has 0 spiro atoms. The number of fused-ring (bicyclic) bond motifs is 1. The Bertz CT molecular complexity index is 507. The van der Waals surface area contributed by atoms with Crippen LogP contribution in [0.15, 0.2) is 30.5 Å². The zero-order valence-electron chi connectivity index (χ0n) is 8.05. The van der Waals surface area contributed by atoms with Crippen molar-refractivity contribution in [2.45, 2.75) is 6.92 Å². The van der Waals surface area contributed by atoms with Gasteiger partial charge in [-0.2, -0.15) is 0 Å². The van der Waals surface area contributed by atoms with Crippen LogP contribution in [-0.2, 0) is 0 Å². The van der Waals surface area contributed by atoms with Crippen molar-refractivity contribution in [2.75, 3.05) is 0 Å². The summed E-state index contributed by atoms with van der Waals surface area (Å²) in [6.45, 7) is -3.55. The zero-order valence-corrected chi connectivity index (χ0v) is 8.05. The number of aromatic nitrogens is 1. The number of hydrogen-bond acceptors (Lipinski definition) is 1. The number of rotatable bonds is 1. The van der Waals surface area contributed by atoms with Gasteiger partial charge in [0.05, 0.1) is 0 Å². The van der Waals surface area contributed by atoms with Crippen LogP contribution in [0.5, 0.6) is 0 Å². The largest absolute Gasteiger partial charge is 0.512 e. The molecule has 0 aliphatic rings. The Morgan fingerprint density at radius 1 is 1.13 bits per heavy atom. The van der Waals surface area contributed by atoms with Crippen molar-refractivity contribution in [3.63, 3.8) is 0 Å². The van der Waals surface area contributed by atoms with E-state index >= 15 is 0 Å². The molecule has 0 aliphatic heterocycles. The lowest BCUT2D eigenvalue weighted by Gasteiger charge is -2.19. The van der Waals surface area contributed by atoms with Crippen LogP contribution in [0.2, 0.25) is 0 Å². The molecule has 15 heavy (non-hydrogen) atoms. The number of benzene rings is 1. The molecule has 1 aromatic heterocycles. The fourth-order valence-electron chi connectivity index (χ4n) is 1.68. The molecule has 1 nitrogen and oxygen atoms in total. The highest BCUT2D eigenvalue weighted by Gasteiger charge is 2.29. The minimum absolute atomic E-state index is 0.0463. The van der Waals surface area contributed by atoms with Crippen LogP contribution in [0, 0.1) is 6.92 Å². The fourth-order valence-corrected chi connectivity index (χ4v) is 1.68. The normalized spacial score (nSPS) is 12.0. The van der Waals surface area contributed by atoms with Gasteiger partial charge >= 0.3 is 6.98 Å². The first-order valence-electron chi connectivity index (χ1n) is 4.54. The molecule has 0 bridgehead atoms.